The molecular formula is C29H31N3O2. The number of nitrogens with zero attached hydrogens (tertiary/aromatic N) is 3. The minimum absolute atomic E-state index is 0.0430. The second-order valence-electron chi connectivity index (χ2n) is 9.33. The number of carbonyl (C=O) groups is 1. The van der Waals surface area contributed by atoms with Crippen LogP contribution in [0.5, 0.6) is 5.75 Å². The Hall–Kier alpha value is -3.60. The average molecular weight is 454 g/mol. The Morgan fingerprint density at radius 2 is 1.76 bits per heavy atom. The van der Waals surface area contributed by atoms with E-state index in [9.17, 15) is 4.79 Å². The van der Waals surface area contributed by atoms with Crippen LogP contribution >= 0.6 is 0 Å². The van der Waals surface area contributed by atoms with E-state index >= 15 is 0 Å². The van der Waals surface area contributed by atoms with Gasteiger partial charge in [0.2, 0.25) is 5.91 Å². The summed E-state index contributed by atoms with van der Waals surface area (Å²) in [6.45, 7) is 10.2. The lowest BCUT2D eigenvalue weighted by Crippen LogP contribution is -2.25. The van der Waals surface area contributed by atoms with Crippen molar-refractivity contribution in [1.29, 1.82) is 0 Å². The standard InChI is InChI=1S/C29H31N3O2/c1-19-12-13-24(16-21(19)3)34-15-14-31-27-10-6-5-9-25(27)30-29(31)23-17-28(33)32(18-23)26-11-7-8-20(2)22(26)4/h5-13,16,23H,14-15,17-18H2,1-4H3. The van der Waals surface area contributed by atoms with Crippen LogP contribution in [0.1, 0.15) is 40.4 Å². The van der Waals surface area contributed by atoms with Crippen molar-refractivity contribution < 1.29 is 9.53 Å². The summed E-state index contributed by atoms with van der Waals surface area (Å²) >= 11 is 0. The fourth-order valence-corrected chi connectivity index (χ4v) is 4.84. The summed E-state index contributed by atoms with van der Waals surface area (Å²) in [5.41, 5.74) is 7.89. The molecule has 0 aliphatic carbocycles. The number of imidazole rings is 1. The first-order valence-electron chi connectivity index (χ1n) is 11.9. The highest BCUT2D eigenvalue weighted by Gasteiger charge is 2.35. The number of carbonyl (C=O) groups excluding carboxylic acids is 1. The molecule has 174 valence electrons. The molecule has 5 heteroatoms. The van der Waals surface area contributed by atoms with Gasteiger partial charge >= 0.3 is 0 Å². The van der Waals surface area contributed by atoms with E-state index in [0.29, 0.717) is 26.1 Å². The molecule has 1 atom stereocenters. The predicted molar refractivity (Wildman–Crippen MR) is 137 cm³/mol. The van der Waals surface area contributed by atoms with Gasteiger partial charge in [-0.3, -0.25) is 4.79 Å². The molecule has 34 heavy (non-hydrogen) atoms. The average Bonchev–Trinajstić information content (AvgIpc) is 3.39. The van der Waals surface area contributed by atoms with E-state index in [4.69, 9.17) is 9.72 Å². The van der Waals surface area contributed by atoms with Crippen LogP contribution in [-0.4, -0.2) is 28.6 Å². The zero-order valence-corrected chi connectivity index (χ0v) is 20.3. The normalized spacial score (nSPS) is 15.9. The van der Waals surface area contributed by atoms with Crippen LogP contribution in [0, 0.1) is 27.7 Å². The first-order chi connectivity index (χ1) is 16.4. The SMILES string of the molecule is Cc1ccc(OCCn2c(C3CC(=O)N(c4cccc(C)c4C)C3)nc3ccccc32)cc1C. The molecule has 1 aliphatic heterocycles. The van der Waals surface area contributed by atoms with Gasteiger partial charge in [-0.25, -0.2) is 4.98 Å². The number of ether oxygens (including phenoxy) is 1. The summed E-state index contributed by atoms with van der Waals surface area (Å²) in [6.07, 6.45) is 0.467. The molecule has 1 aromatic heterocycles. The number of anilines is 1. The third-order valence-corrected chi connectivity index (χ3v) is 7.10. The second-order valence-corrected chi connectivity index (χ2v) is 9.33. The lowest BCUT2D eigenvalue weighted by Gasteiger charge is -2.20. The van der Waals surface area contributed by atoms with E-state index in [1.807, 2.05) is 41.3 Å². The van der Waals surface area contributed by atoms with Crippen molar-refractivity contribution in [1.82, 2.24) is 9.55 Å². The van der Waals surface area contributed by atoms with Crippen LogP contribution in [0.2, 0.25) is 0 Å². The number of benzene rings is 3. The molecule has 1 saturated heterocycles. The summed E-state index contributed by atoms with van der Waals surface area (Å²) in [5, 5.41) is 0. The molecule has 5 nitrogen and oxygen atoms in total. The Bertz CT molecular complexity index is 1370. The molecule has 0 spiro atoms. The summed E-state index contributed by atoms with van der Waals surface area (Å²) in [5.74, 6) is 2.04. The zero-order chi connectivity index (χ0) is 23.8. The highest BCUT2D eigenvalue weighted by molar-refractivity contribution is 5.97. The van der Waals surface area contributed by atoms with Crippen LogP contribution in [0.3, 0.4) is 0 Å². The lowest BCUT2D eigenvalue weighted by atomic mass is 10.1. The molecule has 2 heterocycles. The van der Waals surface area contributed by atoms with Gasteiger partial charge in [0.1, 0.15) is 18.2 Å². The van der Waals surface area contributed by atoms with Gasteiger partial charge in [0.25, 0.3) is 0 Å². The van der Waals surface area contributed by atoms with Gasteiger partial charge in [0, 0.05) is 24.6 Å². The van der Waals surface area contributed by atoms with Gasteiger partial charge in [-0.05, 0) is 80.3 Å². The van der Waals surface area contributed by atoms with Crippen molar-refractivity contribution in [3.05, 3.63) is 88.7 Å². The number of fused-ring (bicyclic) bond motifs is 1. The first-order valence-corrected chi connectivity index (χ1v) is 11.9. The zero-order valence-electron chi connectivity index (χ0n) is 20.3. The maximum absolute atomic E-state index is 13.1. The largest absolute Gasteiger partial charge is 0.492 e. The Balaban J connectivity index is 1.41. The van der Waals surface area contributed by atoms with E-state index in [-0.39, 0.29) is 11.8 Å². The Labute approximate surface area is 201 Å². The van der Waals surface area contributed by atoms with Crippen molar-refractivity contribution in [3.8, 4) is 5.75 Å². The monoisotopic (exact) mass is 453 g/mol. The minimum atomic E-state index is 0.0430. The predicted octanol–water partition coefficient (Wildman–Crippen LogP) is 5.87. The maximum Gasteiger partial charge on any atom is 0.227 e. The minimum Gasteiger partial charge on any atom is -0.492 e. The van der Waals surface area contributed by atoms with Crippen molar-refractivity contribution >= 4 is 22.6 Å². The summed E-state index contributed by atoms with van der Waals surface area (Å²) in [4.78, 5) is 20.0. The van der Waals surface area contributed by atoms with Crippen LogP contribution in [0.25, 0.3) is 11.0 Å². The Morgan fingerprint density at radius 1 is 0.941 bits per heavy atom. The molecule has 1 unspecified atom stereocenters. The maximum atomic E-state index is 13.1. The summed E-state index contributed by atoms with van der Waals surface area (Å²) in [6, 6.07) is 20.5. The van der Waals surface area contributed by atoms with Crippen LogP contribution in [0.15, 0.2) is 60.7 Å². The van der Waals surface area contributed by atoms with E-state index in [2.05, 4.69) is 56.5 Å². The molecule has 1 fully saturated rings. The van der Waals surface area contributed by atoms with Crippen LogP contribution in [-0.2, 0) is 11.3 Å². The van der Waals surface area contributed by atoms with E-state index in [1.54, 1.807) is 0 Å². The number of aromatic nitrogens is 2. The lowest BCUT2D eigenvalue weighted by molar-refractivity contribution is -0.117. The highest BCUT2D eigenvalue weighted by atomic mass is 16.5. The third kappa shape index (κ3) is 4.07. The number of hydrogen-bond donors (Lipinski definition) is 0. The molecule has 1 aliphatic rings. The number of amides is 1. The third-order valence-electron chi connectivity index (χ3n) is 7.10. The fraction of sp³-hybridized carbons (Fsp3) is 0.310. The van der Waals surface area contributed by atoms with Gasteiger partial charge in [-0.1, -0.05) is 30.3 Å². The molecule has 0 N–H and O–H groups in total. The molecular weight excluding hydrogens is 422 g/mol. The Kier molecular flexibility index (Phi) is 5.86. The number of rotatable bonds is 6. The van der Waals surface area contributed by atoms with Gasteiger partial charge in [0.15, 0.2) is 0 Å². The topological polar surface area (TPSA) is 47.4 Å². The molecule has 1 amide bonds. The molecule has 0 saturated carbocycles. The van der Waals surface area contributed by atoms with Gasteiger partial charge in [0.05, 0.1) is 17.6 Å². The first kappa shape index (κ1) is 22.2. The molecule has 4 aromatic rings. The van der Waals surface area contributed by atoms with E-state index in [0.717, 1.165) is 33.9 Å². The molecule has 3 aromatic carbocycles. The molecule has 0 radical (unpaired) electrons. The number of para-hydroxylation sites is 2. The van der Waals surface area contributed by atoms with Crippen LogP contribution < -0.4 is 9.64 Å². The Morgan fingerprint density at radius 3 is 2.59 bits per heavy atom. The highest BCUT2D eigenvalue weighted by Crippen LogP contribution is 2.35. The van der Waals surface area contributed by atoms with Gasteiger partial charge < -0.3 is 14.2 Å². The van der Waals surface area contributed by atoms with E-state index < -0.39 is 0 Å². The van der Waals surface area contributed by atoms with Crippen molar-refractivity contribution in [3.63, 3.8) is 0 Å². The van der Waals surface area contributed by atoms with E-state index in [1.165, 1.54) is 16.7 Å². The fourth-order valence-electron chi connectivity index (χ4n) is 4.84. The number of aryl methyl sites for hydroxylation is 3. The van der Waals surface area contributed by atoms with Crippen molar-refractivity contribution in [2.45, 2.75) is 46.6 Å². The summed E-state index contributed by atoms with van der Waals surface area (Å²) < 4.78 is 8.33. The quantitative estimate of drug-likeness (QED) is 0.367. The summed E-state index contributed by atoms with van der Waals surface area (Å²) in [7, 11) is 0. The molecule has 5 rings (SSSR count). The van der Waals surface area contributed by atoms with Crippen LogP contribution in [0.4, 0.5) is 5.69 Å². The van der Waals surface area contributed by atoms with Gasteiger partial charge in [-0.2, -0.15) is 0 Å². The van der Waals surface area contributed by atoms with Crippen molar-refractivity contribution in [2.24, 2.45) is 0 Å². The van der Waals surface area contributed by atoms with Crippen molar-refractivity contribution in [2.75, 3.05) is 18.1 Å². The smallest absolute Gasteiger partial charge is 0.227 e. The second kappa shape index (κ2) is 8.98. The van der Waals surface area contributed by atoms with Gasteiger partial charge in [-0.15, -0.1) is 0 Å². The molecule has 0 bridgehead atoms. The number of hydrogen-bond acceptors (Lipinski definition) is 3.